The van der Waals surface area contributed by atoms with Crippen LogP contribution in [0, 0.1) is 0 Å². The van der Waals surface area contributed by atoms with Crippen molar-refractivity contribution in [1.29, 1.82) is 0 Å². The summed E-state index contributed by atoms with van der Waals surface area (Å²) in [5.41, 5.74) is 4.76. The predicted molar refractivity (Wildman–Crippen MR) is 51.1 cm³/mol. The number of nitrogens with two attached hydrogens (primary N) is 1. The largest absolute Gasteiger partial charge is 0.388 e. The molecule has 0 radical (unpaired) electrons. The van der Waals surface area contributed by atoms with Crippen LogP contribution in [0.1, 0.15) is 26.7 Å². The van der Waals surface area contributed by atoms with Crippen LogP contribution in [0.15, 0.2) is 4.99 Å². The number of nitrogens with zero attached hydrogens (tertiary/aromatic N) is 1. The molecule has 0 bridgehead atoms. The lowest BCUT2D eigenvalue weighted by Gasteiger charge is -2.25. The Morgan fingerprint density at radius 2 is 2.00 bits per heavy atom. The van der Waals surface area contributed by atoms with Crippen molar-refractivity contribution in [1.82, 2.24) is 5.32 Å². The van der Waals surface area contributed by atoms with Crippen molar-refractivity contribution in [2.45, 2.75) is 32.3 Å². The Labute approximate surface area is 73.9 Å². The van der Waals surface area contributed by atoms with Gasteiger partial charge >= 0.3 is 0 Å². The maximum atomic E-state index is 9.80. The molecule has 0 aliphatic heterocycles. The summed E-state index contributed by atoms with van der Waals surface area (Å²) >= 11 is 0. The Hall–Kier alpha value is -0.770. The van der Waals surface area contributed by atoms with Gasteiger partial charge in [-0.25, -0.2) is 0 Å². The Morgan fingerprint density at radius 1 is 1.50 bits per heavy atom. The molecule has 4 nitrogen and oxygen atoms in total. The SMILES string of the molecule is CCC(O)(CC)CNC(N)=NC. The fourth-order valence-corrected chi connectivity index (χ4v) is 0.834. The van der Waals surface area contributed by atoms with Crippen molar-refractivity contribution in [2.24, 2.45) is 10.7 Å². The van der Waals surface area contributed by atoms with Gasteiger partial charge in [0.05, 0.1) is 5.60 Å². The Kier molecular flexibility index (Phi) is 4.66. The Balaban J connectivity index is 3.89. The minimum atomic E-state index is -0.657. The van der Waals surface area contributed by atoms with Crippen LogP contribution in [0.3, 0.4) is 0 Å². The Bertz CT molecular complexity index is 152. The van der Waals surface area contributed by atoms with E-state index in [4.69, 9.17) is 5.73 Å². The van der Waals surface area contributed by atoms with Gasteiger partial charge in [-0.15, -0.1) is 0 Å². The zero-order chi connectivity index (χ0) is 9.61. The summed E-state index contributed by atoms with van der Waals surface area (Å²) < 4.78 is 0. The third-order valence-corrected chi connectivity index (χ3v) is 2.16. The summed E-state index contributed by atoms with van der Waals surface area (Å²) in [6, 6.07) is 0. The molecule has 0 aliphatic carbocycles. The Morgan fingerprint density at radius 3 is 2.33 bits per heavy atom. The molecule has 0 atom stereocenters. The highest BCUT2D eigenvalue weighted by molar-refractivity contribution is 5.77. The van der Waals surface area contributed by atoms with Crippen LogP contribution in [0.5, 0.6) is 0 Å². The summed E-state index contributed by atoms with van der Waals surface area (Å²) in [6.07, 6.45) is 1.43. The van der Waals surface area contributed by atoms with Crippen LogP contribution in [-0.2, 0) is 0 Å². The van der Waals surface area contributed by atoms with E-state index in [0.29, 0.717) is 25.3 Å². The van der Waals surface area contributed by atoms with E-state index in [1.807, 2.05) is 13.8 Å². The van der Waals surface area contributed by atoms with Crippen molar-refractivity contribution in [3.8, 4) is 0 Å². The van der Waals surface area contributed by atoms with Crippen LogP contribution in [-0.4, -0.2) is 30.3 Å². The molecule has 0 aliphatic rings. The maximum Gasteiger partial charge on any atom is 0.188 e. The average molecular weight is 173 g/mol. The van der Waals surface area contributed by atoms with E-state index < -0.39 is 5.60 Å². The molecule has 72 valence electrons. The number of hydrogen-bond acceptors (Lipinski definition) is 2. The fraction of sp³-hybridized carbons (Fsp3) is 0.875. The van der Waals surface area contributed by atoms with Gasteiger partial charge < -0.3 is 16.2 Å². The highest BCUT2D eigenvalue weighted by Crippen LogP contribution is 2.12. The second-order valence-electron chi connectivity index (χ2n) is 2.89. The molecule has 0 aromatic carbocycles. The standard InChI is InChI=1S/C8H19N3O/c1-4-8(12,5-2)6-11-7(9)10-3/h12H,4-6H2,1-3H3,(H3,9,10,11). The van der Waals surface area contributed by atoms with Crippen molar-refractivity contribution in [2.75, 3.05) is 13.6 Å². The second kappa shape index (κ2) is 4.98. The number of aliphatic hydroxyl groups is 1. The van der Waals surface area contributed by atoms with E-state index in [9.17, 15) is 5.11 Å². The quantitative estimate of drug-likeness (QED) is 0.416. The van der Waals surface area contributed by atoms with Crippen LogP contribution >= 0.6 is 0 Å². The summed E-state index contributed by atoms with van der Waals surface area (Å²) in [7, 11) is 1.61. The topological polar surface area (TPSA) is 70.6 Å². The van der Waals surface area contributed by atoms with Crippen LogP contribution in [0.25, 0.3) is 0 Å². The molecule has 0 amide bonds. The molecule has 0 unspecified atom stereocenters. The first-order valence-electron chi connectivity index (χ1n) is 4.26. The van der Waals surface area contributed by atoms with E-state index in [2.05, 4.69) is 10.3 Å². The second-order valence-corrected chi connectivity index (χ2v) is 2.89. The zero-order valence-electron chi connectivity index (χ0n) is 8.09. The van der Waals surface area contributed by atoms with Gasteiger partial charge in [0.25, 0.3) is 0 Å². The van der Waals surface area contributed by atoms with E-state index >= 15 is 0 Å². The lowest BCUT2D eigenvalue weighted by molar-refractivity contribution is 0.0369. The van der Waals surface area contributed by atoms with Crippen molar-refractivity contribution >= 4 is 5.96 Å². The van der Waals surface area contributed by atoms with Gasteiger partial charge in [-0.05, 0) is 12.8 Å². The zero-order valence-corrected chi connectivity index (χ0v) is 8.09. The third kappa shape index (κ3) is 3.57. The molecule has 12 heavy (non-hydrogen) atoms. The summed E-state index contributed by atoms with van der Waals surface area (Å²) in [6.45, 7) is 4.36. The minimum absolute atomic E-state index is 0.371. The number of rotatable bonds is 4. The first kappa shape index (κ1) is 11.2. The molecule has 4 heteroatoms. The number of nitrogens with one attached hydrogen (secondary N) is 1. The maximum absolute atomic E-state index is 9.80. The van der Waals surface area contributed by atoms with Gasteiger partial charge in [0.2, 0.25) is 0 Å². The average Bonchev–Trinajstić information content (AvgIpc) is 2.13. The summed E-state index contributed by atoms with van der Waals surface area (Å²) in [5.74, 6) is 0.371. The molecular weight excluding hydrogens is 154 g/mol. The first-order valence-corrected chi connectivity index (χ1v) is 4.26. The number of guanidine groups is 1. The van der Waals surface area contributed by atoms with Crippen LogP contribution in [0.2, 0.25) is 0 Å². The van der Waals surface area contributed by atoms with E-state index in [1.54, 1.807) is 7.05 Å². The molecule has 0 saturated heterocycles. The molecular formula is C8H19N3O. The highest BCUT2D eigenvalue weighted by atomic mass is 16.3. The predicted octanol–water partition coefficient (Wildman–Crippen LogP) is 0.0716. The van der Waals surface area contributed by atoms with Crippen LogP contribution < -0.4 is 11.1 Å². The minimum Gasteiger partial charge on any atom is -0.388 e. The van der Waals surface area contributed by atoms with E-state index in [0.717, 1.165) is 0 Å². The van der Waals surface area contributed by atoms with Crippen molar-refractivity contribution < 1.29 is 5.11 Å². The fourth-order valence-electron chi connectivity index (χ4n) is 0.834. The number of hydrogen-bond donors (Lipinski definition) is 3. The monoisotopic (exact) mass is 173 g/mol. The van der Waals surface area contributed by atoms with Crippen molar-refractivity contribution in [3.05, 3.63) is 0 Å². The molecule has 0 spiro atoms. The van der Waals surface area contributed by atoms with Crippen LogP contribution in [0.4, 0.5) is 0 Å². The van der Waals surface area contributed by atoms with Gasteiger partial charge in [-0.2, -0.15) is 0 Å². The van der Waals surface area contributed by atoms with E-state index in [1.165, 1.54) is 0 Å². The molecule has 0 aromatic heterocycles. The normalized spacial score (nSPS) is 13.2. The molecule has 0 heterocycles. The summed E-state index contributed by atoms with van der Waals surface area (Å²) in [4.78, 5) is 3.73. The molecule has 0 aromatic rings. The first-order chi connectivity index (χ1) is 5.58. The van der Waals surface area contributed by atoms with Gasteiger partial charge in [0.1, 0.15) is 0 Å². The molecule has 0 saturated carbocycles. The smallest absolute Gasteiger partial charge is 0.188 e. The molecule has 0 rings (SSSR count). The van der Waals surface area contributed by atoms with Gasteiger partial charge in [-0.1, -0.05) is 13.8 Å². The number of aliphatic imine (C=N–C) groups is 1. The van der Waals surface area contributed by atoms with E-state index in [-0.39, 0.29) is 0 Å². The highest BCUT2D eigenvalue weighted by Gasteiger charge is 2.21. The third-order valence-electron chi connectivity index (χ3n) is 2.16. The molecule has 4 N–H and O–H groups in total. The van der Waals surface area contributed by atoms with Gasteiger partial charge in [0.15, 0.2) is 5.96 Å². The van der Waals surface area contributed by atoms with Gasteiger partial charge in [-0.3, -0.25) is 4.99 Å². The summed E-state index contributed by atoms with van der Waals surface area (Å²) in [5, 5.41) is 12.7. The van der Waals surface area contributed by atoms with Gasteiger partial charge in [0, 0.05) is 13.6 Å². The molecule has 0 fully saturated rings. The van der Waals surface area contributed by atoms with Crippen molar-refractivity contribution in [3.63, 3.8) is 0 Å². The lowest BCUT2D eigenvalue weighted by atomic mass is 9.98. The lowest BCUT2D eigenvalue weighted by Crippen LogP contribution is -2.44.